The number of nitrogens with zero attached hydrogens (tertiary/aromatic N) is 2. The van der Waals surface area contributed by atoms with Gasteiger partial charge in [-0.1, -0.05) is 24.3 Å². The van der Waals surface area contributed by atoms with Crippen molar-refractivity contribution >= 4 is 29.4 Å². The van der Waals surface area contributed by atoms with E-state index < -0.39 is 11.9 Å². The van der Waals surface area contributed by atoms with Crippen LogP contribution in [0.5, 0.6) is 0 Å². The number of carboxylic acids is 1. The Hall–Kier alpha value is -3.26. The third-order valence-electron chi connectivity index (χ3n) is 3.16. The number of hydrogen-bond donors (Lipinski definition) is 3. The summed E-state index contributed by atoms with van der Waals surface area (Å²) in [5, 5.41) is 21.5. The molecule has 0 atom stereocenters. The standard InChI is InChI=1S/C16H12N4O3S/c21-15(13-8-12(18-19-13)14-6-3-7-24-14)20-17-9-10-4-1-2-5-11(10)16(22)23/h1-9H,(H,18,19)(H,20,21)(H,22,23). The molecular formula is C16H12N4O3S. The zero-order valence-corrected chi connectivity index (χ0v) is 13.1. The summed E-state index contributed by atoms with van der Waals surface area (Å²) in [4.78, 5) is 24.1. The Balaban J connectivity index is 1.69. The molecule has 2 heterocycles. The lowest BCUT2D eigenvalue weighted by Gasteiger charge is -1.99. The molecule has 8 heteroatoms. The van der Waals surface area contributed by atoms with Crippen molar-refractivity contribution in [3.63, 3.8) is 0 Å². The van der Waals surface area contributed by atoms with E-state index in [9.17, 15) is 9.59 Å². The number of aromatic carboxylic acids is 1. The normalized spacial score (nSPS) is 10.8. The lowest BCUT2D eigenvalue weighted by Crippen LogP contribution is -2.18. The molecule has 0 unspecified atom stereocenters. The number of aromatic amines is 1. The Morgan fingerprint density at radius 2 is 2.08 bits per heavy atom. The summed E-state index contributed by atoms with van der Waals surface area (Å²) < 4.78 is 0. The van der Waals surface area contributed by atoms with Gasteiger partial charge in [-0.15, -0.1) is 11.3 Å². The van der Waals surface area contributed by atoms with E-state index >= 15 is 0 Å². The van der Waals surface area contributed by atoms with Gasteiger partial charge in [0.05, 0.1) is 22.3 Å². The van der Waals surface area contributed by atoms with Crippen LogP contribution in [0, 0.1) is 0 Å². The Bertz CT molecular complexity index is 900. The molecule has 3 N–H and O–H groups in total. The van der Waals surface area contributed by atoms with E-state index in [0.29, 0.717) is 5.56 Å². The van der Waals surface area contributed by atoms with Crippen molar-refractivity contribution in [1.29, 1.82) is 0 Å². The highest BCUT2D eigenvalue weighted by molar-refractivity contribution is 7.13. The fourth-order valence-corrected chi connectivity index (χ4v) is 2.71. The van der Waals surface area contributed by atoms with E-state index in [1.54, 1.807) is 24.3 Å². The Morgan fingerprint density at radius 3 is 2.83 bits per heavy atom. The lowest BCUT2D eigenvalue weighted by atomic mass is 10.1. The summed E-state index contributed by atoms with van der Waals surface area (Å²) in [6.07, 6.45) is 1.29. The van der Waals surface area contributed by atoms with Gasteiger partial charge in [-0.3, -0.25) is 9.89 Å². The van der Waals surface area contributed by atoms with Gasteiger partial charge in [0.15, 0.2) is 5.69 Å². The van der Waals surface area contributed by atoms with Crippen LogP contribution in [0.2, 0.25) is 0 Å². The number of amides is 1. The summed E-state index contributed by atoms with van der Waals surface area (Å²) in [6.45, 7) is 0. The van der Waals surface area contributed by atoms with Crippen molar-refractivity contribution in [3.8, 4) is 10.6 Å². The van der Waals surface area contributed by atoms with Crippen LogP contribution in [-0.2, 0) is 0 Å². The fourth-order valence-electron chi connectivity index (χ4n) is 2.02. The molecule has 3 aromatic rings. The van der Waals surface area contributed by atoms with Crippen LogP contribution < -0.4 is 5.43 Å². The quantitative estimate of drug-likeness (QED) is 0.490. The van der Waals surface area contributed by atoms with Gasteiger partial charge in [-0.05, 0) is 23.6 Å². The molecule has 24 heavy (non-hydrogen) atoms. The highest BCUT2D eigenvalue weighted by Gasteiger charge is 2.11. The molecule has 0 aliphatic carbocycles. The summed E-state index contributed by atoms with van der Waals surface area (Å²) in [5.41, 5.74) is 3.77. The van der Waals surface area contributed by atoms with Gasteiger partial charge in [0.1, 0.15) is 0 Å². The van der Waals surface area contributed by atoms with Crippen LogP contribution >= 0.6 is 11.3 Å². The molecule has 1 amide bonds. The van der Waals surface area contributed by atoms with Crippen molar-refractivity contribution in [2.24, 2.45) is 5.10 Å². The Kier molecular flexibility index (Phi) is 4.48. The molecule has 7 nitrogen and oxygen atoms in total. The molecule has 120 valence electrons. The minimum absolute atomic E-state index is 0.107. The maximum absolute atomic E-state index is 12.0. The average Bonchev–Trinajstić information content (AvgIpc) is 3.26. The third kappa shape index (κ3) is 3.39. The van der Waals surface area contributed by atoms with Gasteiger partial charge in [-0.2, -0.15) is 10.2 Å². The van der Waals surface area contributed by atoms with E-state index in [1.807, 2.05) is 17.5 Å². The molecule has 1 aromatic carbocycles. The fraction of sp³-hybridized carbons (Fsp3) is 0. The predicted molar refractivity (Wildman–Crippen MR) is 90.4 cm³/mol. The van der Waals surface area contributed by atoms with E-state index in [4.69, 9.17) is 5.11 Å². The summed E-state index contributed by atoms with van der Waals surface area (Å²) in [5.74, 6) is -1.55. The summed E-state index contributed by atoms with van der Waals surface area (Å²) in [7, 11) is 0. The van der Waals surface area contributed by atoms with Crippen LogP contribution in [0.25, 0.3) is 10.6 Å². The molecule has 0 aliphatic heterocycles. The number of aromatic nitrogens is 2. The number of carbonyl (C=O) groups is 2. The van der Waals surface area contributed by atoms with E-state index in [1.165, 1.54) is 23.6 Å². The predicted octanol–water partition coefficient (Wildman–Crippen LogP) is 2.60. The minimum atomic E-state index is -1.06. The lowest BCUT2D eigenvalue weighted by molar-refractivity contribution is 0.0696. The third-order valence-corrected chi connectivity index (χ3v) is 4.06. The first-order valence-corrected chi connectivity index (χ1v) is 7.78. The molecule has 0 radical (unpaired) electrons. The van der Waals surface area contributed by atoms with Gasteiger partial charge in [0.2, 0.25) is 0 Å². The van der Waals surface area contributed by atoms with Crippen LogP contribution in [0.3, 0.4) is 0 Å². The van der Waals surface area contributed by atoms with Crippen molar-refractivity contribution in [2.75, 3.05) is 0 Å². The number of hydrogen-bond acceptors (Lipinski definition) is 5. The summed E-state index contributed by atoms with van der Waals surface area (Å²) >= 11 is 1.53. The highest BCUT2D eigenvalue weighted by Crippen LogP contribution is 2.22. The van der Waals surface area contributed by atoms with Crippen molar-refractivity contribution in [2.45, 2.75) is 0 Å². The molecule has 3 rings (SSSR count). The zero-order chi connectivity index (χ0) is 16.9. The first kappa shape index (κ1) is 15.6. The number of rotatable bonds is 5. The van der Waals surface area contributed by atoms with Crippen LogP contribution in [0.1, 0.15) is 26.4 Å². The second-order valence-corrected chi connectivity index (χ2v) is 5.68. The van der Waals surface area contributed by atoms with Gasteiger partial charge in [-0.25, -0.2) is 10.2 Å². The zero-order valence-electron chi connectivity index (χ0n) is 12.3. The van der Waals surface area contributed by atoms with Crippen molar-refractivity contribution in [1.82, 2.24) is 15.6 Å². The Morgan fingerprint density at radius 1 is 1.25 bits per heavy atom. The van der Waals surface area contributed by atoms with Gasteiger partial charge in [0.25, 0.3) is 5.91 Å². The molecule has 0 saturated carbocycles. The monoisotopic (exact) mass is 340 g/mol. The molecule has 0 spiro atoms. The Labute approximate surface area is 140 Å². The van der Waals surface area contributed by atoms with Crippen LogP contribution in [-0.4, -0.2) is 33.4 Å². The molecule has 0 bridgehead atoms. The van der Waals surface area contributed by atoms with E-state index in [-0.39, 0.29) is 11.3 Å². The number of benzene rings is 1. The average molecular weight is 340 g/mol. The van der Waals surface area contributed by atoms with Crippen LogP contribution in [0.4, 0.5) is 0 Å². The topological polar surface area (TPSA) is 107 Å². The maximum atomic E-state index is 12.0. The van der Waals surface area contributed by atoms with E-state index in [2.05, 4.69) is 20.7 Å². The van der Waals surface area contributed by atoms with Crippen molar-refractivity contribution in [3.05, 3.63) is 64.7 Å². The second kappa shape index (κ2) is 6.88. The number of carbonyl (C=O) groups excluding carboxylic acids is 1. The second-order valence-electron chi connectivity index (χ2n) is 4.74. The SMILES string of the molecule is O=C(NN=Cc1ccccc1C(=O)O)c1cc(-c2cccs2)[nH]n1. The number of carboxylic acid groups (broad SMARTS) is 1. The molecule has 2 aromatic heterocycles. The van der Waals surface area contributed by atoms with Crippen molar-refractivity contribution < 1.29 is 14.7 Å². The molecule has 0 fully saturated rings. The first-order valence-electron chi connectivity index (χ1n) is 6.90. The number of nitrogens with one attached hydrogen (secondary N) is 2. The van der Waals surface area contributed by atoms with E-state index in [0.717, 1.165) is 10.6 Å². The largest absolute Gasteiger partial charge is 0.478 e. The first-order chi connectivity index (χ1) is 11.6. The maximum Gasteiger partial charge on any atom is 0.336 e. The minimum Gasteiger partial charge on any atom is -0.478 e. The van der Waals surface area contributed by atoms with Gasteiger partial charge < -0.3 is 5.11 Å². The van der Waals surface area contributed by atoms with Crippen LogP contribution in [0.15, 0.2) is 52.9 Å². The van der Waals surface area contributed by atoms with Gasteiger partial charge >= 0.3 is 5.97 Å². The molecule has 0 aliphatic rings. The number of hydrazone groups is 1. The van der Waals surface area contributed by atoms with Gasteiger partial charge in [0, 0.05) is 5.56 Å². The molecular weight excluding hydrogens is 328 g/mol. The number of H-pyrrole nitrogens is 1. The smallest absolute Gasteiger partial charge is 0.336 e. The highest BCUT2D eigenvalue weighted by atomic mass is 32.1. The number of thiophene rings is 1. The molecule has 0 saturated heterocycles. The summed E-state index contributed by atoms with van der Waals surface area (Å²) in [6, 6.07) is 11.8.